The maximum atomic E-state index is 6.50. The van der Waals surface area contributed by atoms with Gasteiger partial charge in [-0.05, 0) is 52.6 Å². The molecule has 44 heavy (non-hydrogen) atoms. The Hall–Kier alpha value is -5.07. The topological polar surface area (TPSA) is 62.4 Å². The average molecular weight is 589 g/mol. The van der Waals surface area contributed by atoms with Gasteiger partial charge in [-0.15, -0.1) is 11.3 Å². The van der Waals surface area contributed by atoms with Crippen LogP contribution in [0.2, 0.25) is 0 Å². The first-order valence-corrected chi connectivity index (χ1v) is 15.6. The lowest BCUT2D eigenvalue weighted by Crippen LogP contribution is -2.31. The molecule has 0 bridgehead atoms. The van der Waals surface area contributed by atoms with Crippen LogP contribution in [0.3, 0.4) is 0 Å². The molecule has 0 aliphatic heterocycles. The van der Waals surface area contributed by atoms with Crippen molar-refractivity contribution in [2.45, 2.75) is 12.3 Å². The van der Waals surface area contributed by atoms with Gasteiger partial charge in [-0.1, -0.05) is 121 Å². The van der Waals surface area contributed by atoms with Crippen LogP contribution in [0.1, 0.15) is 29.0 Å². The maximum Gasteiger partial charge on any atom is 0.127 e. The van der Waals surface area contributed by atoms with Crippen molar-refractivity contribution in [1.29, 1.82) is 0 Å². The smallest absolute Gasteiger partial charge is 0.127 e. The van der Waals surface area contributed by atoms with Gasteiger partial charge < -0.3 is 11.1 Å². The molecule has 0 saturated heterocycles. The molecule has 214 valence electrons. The monoisotopic (exact) mass is 588 g/mol. The Balaban J connectivity index is 1.10. The van der Waals surface area contributed by atoms with Gasteiger partial charge in [0, 0.05) is 43.3 Å². The van der Waals surface area contributed by atoms with E-state index in [0.29, 0.717) is 0 Å². The number of benzene rings is 6. The third-order valence-electron chi connectivity index (χ3n) is 7.79. The van der Waals surface area contributed by atoms with E-state index in [4.69, 9.17) is 10.7 Å². The van der Waals surface area contributed by atoms with E-state index in [1.165, 1.54) is 31.3 Å². The van der Waals surface area contributed by atoms with Gasteiger partial charge >= 0.3 is 0 Å². The van der Waals surface area contributed by atoms with Crippen LogP contribution in [0, 0.1) is 0 Å². The van der Waals surface area contributed by atoms with Crippen LogP contribution >= 0.6 is 11.3 Å². The molecule has 7 aromatic rings. The van der Waals surface area contributed by atoms with Gasteiger partial charge in [0.2, 0.25) is 0 Å². The first-order valence-electron chi connectivity index (χ1n) is 14.7. The number of nitrogens with one attached hydrogen (secondary N) is 2. The zero-order valence-corrected chi connectivity index (χ0v) is 24.9. The summed E-state index contributed by atoms with van der Waals surface area (Å²) in [7, 11) is 0. The number of thiophene rings is 1. The van der Waals surface area contributed by atoms with Crippen LogP contribution in [0.25, 0.3) is 31.3 Å². The van der Waals surface area contributed by atoms with Crippen molar-refractivity contribution in [2.75, 3.05) is 5.32 Å². The van der Waals surface area contributed by atoms with Crippen LogP contribution in [0.15, 0.2) is 157 Å². The van der Waals surface area contributed by atoms with Gasteiger partial charge in [-0.3, -0.25) is 10.3 Å². The Morgan fingerprint density at radius 2 is 1.27 bits per heavy atom. The highest BCUT2D eigenvalue weighted by atomic mass is 32.1. The van der Waals surface area contributed by atoms with E-state index in [2.05, 4.69) is 114 Å². The van der Waals surface area contributed by atoms with Crippen molar-refractivity contribution in [3.63, 3.8) is 0 Å². The van der Waals surface area contributed by atoms with E-state index in [1.807, 2.05) is 66.1 Å². The molecule has 4 nitrogen and oxygen atoms in total. The van der Waals surface area contributed by atoms with Gasteiger partial charge in [0.05, 0.1) is 6.17 Å². The van der Waals surface area contributed by atoms with Crippen LogP contribution in [-0.4, -0.2) is 6.21 Å². The Morgan fingerprint density at radius 3 is 2.07 bits per heavy atom. The second kappa shape index (κ2) is 12.7. The van der Waals surface area contributed by atoms with E-state index in [-0.39, 0.29) is 12.3 Å². The van der Waals surface area contributed by atoms with Crippen molar-refractivity contribution in [2.24, 2.45) is 10.7 Å². The third-order valence-corrected chi connectivity index (χ3v) is 8.92. The van der Waals surface area contributed by atoms with Crippen LogP contribution in [0.4, 0.5) is 11.4 Å². The first kappa shape index (κ1) is 27.7. The summed E-state index contributed by atoms with van der Waals surface area (Å²) in [6.07, 6.45) is 1.28. The van der Waals surface area contributed by atoms with Crippen molar-refractivity contribution >= 4 is 49.1 Å². The second-order valence-electron chi connectivity index (χ2n) is 10.7. The number of fused-ring (bicyclic) bond motifs is 3. The molecule has 0 radical (unpaired) electrons. The number of nitrogens with two attached hydrogens (primary N) is 1. The standard InChI is InChI=1S/C39H32N4S/c40-38(28-11-3-1-4-12-28)43-39(29-13-5-2-6-14-29)41-26-27-19-22-31(23-20-27)42-35-17-9-7-15-32(35)30-21-24-34-33-16-8-10-18-36(33)44-37(34)25-30/h1-26,38-39,42-43H,40H2/b41-26+. The van der Waals surface area contributed by atoms with E-state index >= 15 is 0 Å². The molecule has 7 rings (SSSR count). The summed E-state index contributed by atoms with van der Waals surface area (Å²) in [6, 6.07) is 52.4. The fourth-order valence-corrected chi connectivity index (χ4v) is 6.64. The van der Waals surface area contributed by atoms with Gasteiger partial charge in [-0.25, -0.2) is 0 Å². The number of rotatable bonds is 9. The number of para-hydroxylation sites is 1. The summed E-state index contributed by atoms with van der Waals surface area (Å²) >= 11 is 1.84. The minimum Gasteiger partial charge on any atom is -0.355 e. The van der Waals surface area contributed by atoms with Crippen molar-refractivity contribution < 1.29 is 0 Å². The van der Waals surface area contributed by atoms with Crippen molar-refractivity contribution in [3.05, 3.63) is 168 Å². The van der Waals surface area contributed by atoms with Crippen molar-refractivity contribution in [1.82, 2.24) is 5.32 Å². The minimum absolute atomic E-state index is 0.283. The van der Waals surface area contributed by atoms with Gasteiger partial charge in [0.15, 0.2) is 0 Å². The largest absolute Gasteiger partial charge is 0.355 e. The summed E-state index contributed by atoms with van der Waals surface area (Å²) in [5.74, 6) is 0. The lowest BCUT2D eigenvalue weighted by molar-refractivity contribution is 0.467. The third kappa shape index (κ3) is 6.03. The Labute approximate surface area is 261 Å². The molecule has 4 N–H and O–H groups in total. The lowest BCUT2D eigenvalue weighted by Gasteiger charge is -2.21. The van der Waals surface area contributed by atoms with E-state index < -0.39 is 0 Å². The molecule has 1 heterocycles. The van der Waals surface area contributed by atoms with Gasteiger partial charge in [-0.2, -0.15) is 0 Å². The van der Waals surface area contributed by atoms with Gasteiger partial charge in [0.1, 0.15) is 6.17 Å². The first-order chi connectivity index (χ1) is 21.7. The Morgan fingerprint density at radius 1 is 0.614 bits per heavy atom. The summed E-state index contributed by atoms with van der Waals surface area (Å²) in [6.45, 7) is 0. The number of hydrogen-bond acceptors (Lipinski definition) is 5. The van der Waals surface area contributed by atoms with Crippen LogP contribution < -0.4 is 16.4 Å². The molecule has 2 atom stereocenters. The zero-order chi connectivity index (χ0) is 29.7. The number of hydrogen-bond donors (Lipinski definition) is 3. The second-order valence-corrected chi connectivity index (χ2v) is 11.8. The maximum absolute atomic E-state index is 6.50. The SMILES string of the molecule is NC(NC(/N=C/c1ccc(Nc2ccccc2-c2ccc3c(c2)sc2ccccc23)cc1)c1ccccc1)c1ccccc1. The van der Waals surface area contributed by atoms with E-state index in [1.54, 1.807) is 0 Å². The predicted molar refractivity (Wildman–Crippen MR) is 188 cm³/mol. The molecular weight excluding hydrogens is 557 g/mol. The molecule has 0 saturated carbocycles. The normalized spacial score (nSPS) is 12.9. The lowest BCUT2D eigenvalue weighted by atomic mass is 10.0. The number of anilines is 2. The highest BCUT2D eigenvalue weighted by molar-refractivity contribution is 7.25. The Bertz CT molecular complexity index is 2030. The summed E-state index contributed by atoms with van der Waals surface area (Å²) < 4.78 is 2.62. The minimum atomic E-state index is -0.343. The molecule has 1 aromatic heterocycles. The number of aliphatic imine (C=N–C) groups is 1. The summed E-state index contributed by atoms with van der Waals surface area (Å²) in [5.41, 5.74) is 14.0. The quantitative estimate of drug-likeness (QED) is 0.116. The zero-order valence-electron chi connectivity index (χ0n) is 24.1. The molecule has 0 aliphatic carbocycles. The Kier molecular flexibility index (Phi) is 7.98. The molecule has 0 fully saturated rings. The summed E-state index contributed by atoms with van der Waals surface area (Å²) in [4.78, 5) is 4.90. The van der Waals surface area contributed by atoms with Crippen LogP contribution in [-0.2, 0) is 0 Å². The van der Waals surface area contributed by atoms with E-state index in [0.717, 1.165) is 28.1 Å². The fourth-order valence-electron chi connectivity index (χ4n) is 5.49. The molecule has 2 unspecified atom stereocenters. The molecule has 0 aliphatic rings. The van der Waals surface area contributed by atoms with Gasteiger partial charge in [0.25, 0.3) is 0 Å². The predicted octanol–water partition coefficient (Wildman–Crippen LogP) is 9.83. The highest BCUT2D eigenvalue weighted by Crippen LogP contribution is 2.38. The molecule has 5 heteroatoms. The van der Waals surface area contributed by atoms with E-state index in [9.17, 15) is 0 Å². The van der Waals surface area contributed by atoms with Crippen LogP contribution in [0.5, 0.6) is 0 Å². The number of nitrogens with zero attached hydrogens (tertiary/aromatic N) is 1. The van der Waals surface area contributed by atoms with Crippen molar-refractivity contribution in [3.8, 4) is 11.1 Å². The summed E-state index contributed by atoms with van der Waals surface area (Å²) in [5, 5.41) is 9.74. The fraction of sp³-hybridized carbons (Fsp3) is 0.0513. The average Bonchev–Trinajstić information content (AvgIpc) is 3.46. The highest BCUT2D eigenvalue weighted by Gasteiger charge is 2.14. The molecule has 6 aromatic carbocycles. The molecule has 0 amide bonds. The molecule has 0 spiro atoms. The molecular formula is C39H32N4S.